The SMILES string of the molecule is CCN(CCC#N)C(C)C(=O)c1cccc(Cl)c1. The fourth-order valence-corrected chi connectivity index (χ4v) is 2.06. The number of Topliss-reactive ketones (excluding diaryl/α,β-unsaturated/α-hetero) is 1. The highest BCUT2D eigenvalue weighted by molar-refractivity contribution is 6.31. The third-order valence-electron chi connectivity index (χ3n) is 2.95. The molecule has 0 saturated heterocycles. The van der Waals surface area contributed by atoms with Crippen LogP contribution in [0.25, 0.3) is 0 Å². The minimum absolute atomic E-state index is 0.0392. The first-order valence-electron chi connectivity index (χ1n) is 6.01. The molecule has 4 heteroatoms. The molecule has 0 N–H and O–H groups in total. The Labute approximate surface area is 113 Å². The zero-order valence-corrected chi connectivity index (χ0v) is 11.4. The summed E-state index contributed by atoms with van der Waals surface area (Å²) in [5, 5.41) is 9.17. The number of carbonyl (C=O) groups is 1. The maximum absolute atomic E-state index is 12.3. The Morgan fingerprint density at radius 1 is 1.56 bits per heavy atom. The monoisotopic (exact) mass is 264 g/mol. The molecule has 0 heterocycles. The van der Waals surface area contributed by atoms with Crippen LogP contribution in [0.1, 0.15) is 30.6 Å². The number of likely N-dealkylation sites (N-methyl/N-ethyl adjacent to an activating group) is 1. The zero-order chi connectivity index (χ0) is 13.5. The molecular formula is C14H17ClN2O. The van der Waals surface area contributed by atoms with E-state index in [1.54, 1.807) is 24.3 Å². The molecule has 0 fully saturated rings. The Balaban J connectivity index is 2.79. The highest BCUT2D eigenvalue weighted by atomic mass is 35.5. The van der Waals surface area contributed by atoms with Gasteiger partial charge in [-0.15, -0.1) is 0 Å². The average molecular weight is 265 g/mol. The van der Waals surface area contributed by atoms with Crippen molar-refractivity contribution >= 4 is 17.4 Å². The van der Waals surface area contributed by atoms with Gasteiger partial charge in [0.2, 0.25) is 0 Å². The van der Waals surface area contributed by atoms with Gasteiger partial charge in [0.1, 0.15) is 0 Å². The number of benzene rings is 1. The highest BCUT2D eigenvalue weighted by Gasteiger charge is 2.21. The van der Waals surface area contributed by atoms with Crippen LogP contribution in [0.15, 0.2) is 24.3 Å². The van der Waals surface area contributed by atoms with Crippen LogP contribution in [0.5, 0.6) is 0 Å². The van der Waals surface area contributed by atoms with Crippen LogP contribution in [-0.2, 0) is 0 Å². The van der Waals surface area contributed by atoms with Gasteiger partial charge in [-0.25, -0.2) is 0 Å². The molecule has 1 aromatic carbocycles. The van der Waals surface area contributed by atoms with Crippen LogP contribution in [0.2, 0.25) is 5.02 Å². The number of ketones is 1. The van der Waals surface area contributed by atoms with Gasteiger partial charge in [0.25, 0.3) is 0 Å². The summed E-state index contributed by atoms with van der Waals surface area (Å²) in [5.41, 5.74) is 0.616. The molecule has 0 saturated carbocycles. The highest BCUT2D eigenvalue weighted by Crippen LogP contribution is 2.14. The number of nitrogens with zero attached hydrogens (tertiary/aromatic N) is 2. The first-order chi connectivity index (χ1) is 8.60. The van der Waals surface area contributed by atoms with E-state index in [4.69, 9.17) is 16.9 Å². The number of rotatable bonds is 6. The summed E-state index contributed by atoms with van der Waals surface area (Å²) in [6.07, 6.45) is 0.432. The van der Waals surface area contributed by atoms with E-state index < -0.39 is 0 Å². The van der Waals surface area contributed by atoms with Crippen molar-refractivity contribution in [3.63, 3.8) is 0 Å². The van der Waals surface area contributed by atoms with Crippen LogP contribution in [0, 0.1) is 11.3 Å². The molecule has 0 aliphatic carbocycles. The molecule has 18 heavy (non-hydrogen) atoms. The zero-order valence-electron chi connectivity index (χ0n) is 10.7. The lowest BCUT2D eigenvalue weighted by Gasteiger charge is -2.25. The van der Waals surface area contributed by atoms with Crippen LogP contribution >= 0.6 is 11.6 Å². The van der Waals surface area contributed by atoms with Crippen molar-refractivity contribution in [2.24, 2.45) is 0 Å². The Morgan fingerprint density at radius 2 is 2.28 bits per heavy atom. The average Bonchev–Trinajstić information content (AvgIpc) is 2.38. The molecule has 1 unspecified atom stereocenters. The normalized spacial score (nSPS) is 12.2. The molecule has 0 spiro atoms. The number of carbonyl (C=O) groups excluding carboxylic acids is 1. The first kappa shape index (κ1) is 14.7. The summed E-state index contributed by atoms with van der Waals surface area (Å²) in [7, 11) is 0. The predicted octanol–water partition coefficient (Wildman–Crippen LogP) is 3.15. The minimum Gasteiger partial charge on any atom is -0.293 e. The summed E-state index contributed by atoms with van der Waals surface area (Å²) in [4.78, 5) is 14.3. The summed E-state index contributed by atoms with van der Waals surface area (Å²) in [6, 6.07) is 8.83. The smallest absolute Gasteiger partial charge is 0.179 e. The largest absolute Gasteiger partial charge is 0.293 e. The lowest BCUT2D eigenvalue weighted by molar-refractivity contribution is 0.0847. The maximum Gasteiger partial charge on any atom is 0.179 e. The van der Waals surface area contributed by atoms with E-state index in [1.165, 1.54) is 0 Å². The number of halogens is 1. The predicted molar refractivity (Wildman–Crippen MR) is 72.7 cm³/mol. The minimum atomic E-state index is -0.234. The van der Waals surface area contributed by atoms with Crippen molar-refractivity contribution in [2.75, 3.05) is 13.1 Å². The third kappa shape index (κ3) is 3.83. The molecule has 0 amide bonds. The van der Waals surface area contributed by atoms with Gasteiger partial charge in [-0.3, -0.25) is 9.69 Å². The summed E-state index contributed by atoms with van der Waals surface area (Å²) in [5.74, 6) is 0.0392. The lowest BCUT2D eigenvalue weighted by atomic mass is 10.0. The van der Waals surface area contributed by atoms with Gasteiger partial charge in [-0.2, -0.15) is 5.26 Å². The second-order valence-corrected chi connectivity index (χ2v) is 4.52. The second-order valence-electron chi connectivity index (χ2n) is 4.09. The van der Waals surface area contributed by atoms with Crippen molar-refractivity contribution in [2.45, 2.75) is 26.3 Å². The number of nitriles is 1. The van der Waals surface area contributed by atoms with Gasteiger partial charge >= 0.3 is 0 Å². The molecule has 0 aromatic heterocycles. The number of hydrogen-bond acceptors (Lipinski definition) is 3. The fourth-order valence-electron chi connectivity index (χ4n) is 1.87. The van der Waals surface area contributed by atoms with Gasteiger partial charge in [0, 0.05) is 23.6 Å². The van der Waals surface area contributed by atoms with Gasteiger partial charge in [-0.1, -0.05) is 30.7 Å². The van der Waals surface area contributed by atoms with E-state index in [1.807, 2.05) is 18.7 Å². The Morgan fingerprint density at radius 3 is 2.83 bits per heavy atom. The molecule has 1 atom stereocenters. The Bertz CT molecular complexity index is 453. The molecule has 0 aliphatic heterocycles. The van der Waals surface area contributed by atoms with E-state index in [-0.39, 0.29) is 11.8 Å². The molecular weight excluding hydrogens is 248 g/mol. The molecule has 1 rings (SSSR count). The Hall–Kier alpha value is -1.37. The fraction of sp³-hybridized carbons (Fsp3) is 0.429. The van der Waals surface area contributed by atoms with Crippen LogP contribution in [-0.4, -0.2) is 29.8 Å². The van der Waals surface area contributed by atoms with E-state index in [2.05, 4.69) is 6.07 Å². The molecule has 0 bridgehead atoms. The van der Waals surface area contributed by atoms with Crippen molar-refractivity contribution in [1.29, 1.82) is 5.26 Å². The number of hydrogen-bond donors (Lipinski definition) is 0. The van der Waals surface area contributed by atoms with Crippen molar-refractivity contribution < 1.29 is 4.79 Å². The maximum atomic E-state index is 12.3. The third-order valence-corrected chi connectivity index (χ3v) is 3.19. The molecule has 0 radical (unpaired) electrons. The summed E-state index contributed by atoms with van der Waals surface area (Å²) in [6.45, 7) is 5.21. The van der Waals surface area contributed by atoms with E-state index in [0.717, 1.165) is 6.54 Å². The molecule has 96 valence electrons. The van der Waals surface area contributed by atoms with E-state index in [0.29, 0.717) is 23.6 Å². The molecule has 3 nitrogen and oxygen atoms in total. The quantitative estimate of drug-likeness (QED) is 0.742. The topological polar surface area (TPSA) is 44.1 Å². The van der Waals surface area contributed by atoms with Gasteiger partial charge < -0.3 is 0 Å². The van der Waals surface area contributed by atoms with Crippen LogP contribution < -0.4 is 0 Å². The molecule has 0 aliphatic rings. The van der Waals surface area contributed by atoms with Crippen molar-refractivity contribution in [3.8, 4) is 6.07 Å². The van der Waals surface area contributed by atoms with Crippen LogP contribution in [0.4, 0.5) is 0 Å². The van der Waals surface area contributed by atoms with Gasteiger partial charge in [-0.05, 0) is 25.6 Å². The van der Waals surface area contributed by atoms with Gasteiger partial charge in [0.15, 0.2) is 5.78 Å². The summed E-state index contributed by atoms with van der Waals surface area (Å²) >= 11 is 5.88. The lowest BCUT2D eigenvalue weighted by Crippen LogP contribution is -2.39. The van der Waals surface area contributed by atoms with Crippen molar-refractivity contribution in [3.05, 3.63) is 34.9 Å². The molecule has 1 aromatic rings. The standard InChI is InChI=1S/C14H17ClN2O/c1-3-17(9-5-8-16)11(2)14(18)12-6-4-7-13(15)10-12/h4,6-7,10-11H,3,5,9H2,1-2H3. The summed E-state index contributed by atoms with van der Waals surface area (Å²) < 4.78 is 0. The van der Waals surface area contributed by atoms with E-state index >= 15 is 0 Å². The Kier molecular flexibility index (Phi) is 5.84. The first-order valence-corrected chi connectivity index (χ1v) is 6.38. The van der Waals surface area contributed by atoms with Crippen molar-refractivity contribution in [1.82, 2.24) is 4.90 Å². The van der Waals surface area contributed by atoms with E-state index in [9.17, 15) is 4.79 Å². The second kappa shape index (κ2) is 7.15. The van der Waals surface area contributed by atoms with Crippen LogP contribution in [0.3, 0.4) is 0 Å². The van der Waals surface area contributed by atoms with Gasteiger partial charge in [0.05, 0.1) is 12.1 Å².